The number of nitrogens with one attached hydrogen (secondary N) is 1. The zero-order chi connectivity index (χ0) is 16.6. The summed E-state index contributed by atoms with van der Waals surface area (Å²) >= 11 is 0. The van der Waals surface area contributed by atoms with Crippen LogP contribution in [0.4, 0.5) is 0 Å². The number of aryl methyl sites for hydroxylation is 1. The number of hydrogen-bond donors (Lipinski definition) is 2. The fourth-order valence-electron chi connectivity index (χ4n) is 4.46. The van der Waals surface area contributed by atoms with Crippen LogP contribution < -0.4 is 5.32 Å². The van der Waals surface area contributed by atoms with Crippen LogP contribution in [0.3, 0.4) is 0 Å². The summed E-state index contributed by atoms with van der Waals surface area (Å²) in [6.45, 7) is 5.23. The molecular formula is C17H25N3O3. The Morgan fingerprint density at radius 2 is 1.87 bits per heavy atom. The van der Waals surface area contributed by atoms with E-state index in [2.05, 4.69) is 10.4 Å². The summed E-state index contributed by atoms with van der Waals surface area (Å²) in [7, 11) is 0. The summed E-state index contributed by atoms with van der Waals surface area (Å²) in [6, 6.07) is 0. The third-order valence-corrected chi connectivity index (χ3v) is 5.76. The van der Waals surface area contributed by atoms with Crippen molar-refractivity contribution >= 4 is 11.9 Å². The van der Waals surface area contributed by atoms with Crippen LogP contribution in [0.1, 0.15) is 43.9 Å². The summed E-state index contributed by atoms with van der Waals surface area (Å²) in [5.74, 6) is -1.41. The molecule has 3 saturated carbocycles. The first kappa shape index (κ1) is 16.0. The van der Waals surface area contributed by atoms with E-state index in [4.69, 9.17) is 0 Å². The van der Waals surface area contributed by atoms with E-state index < -0.39 is 11.9 Å². The summed E-state index contributed by atoms with van der Waals surface area (Å²) in [4.78, 5) is 24.3. The molecule has 3 fully saturated rings. The standard InChI is InChI=1S/C17H25N3O3/c1-3-20-10(2)13(9-19-20)8-18-16(21)14-11-4-6-12(7-5-11)15(14)17(22)23/h9,11-12,14-15H,3-8H2,1-2H3,(H,18,21)(H,22,23). The van der Waals surface area contributed by atoms with Crippen molar-refractivity contribution in [3.63, 3.8) is 0 Å². The molecule has 1 aromatic heterocycles. The smallest absolute Gasteiger partial charge is 0.307 e. The molecule has 1 aromatic rings. The van der Waals surface area contributed by atoms with E-state index >= 15 is 0 Å². The molecule has 2 atom stereocenters. The SMILES string of the molecule is CCn1ncc(CNC(=O)C2C3CCC(CC3)C2C(=O)O)c1C. The number of rotatable bonds is 5. The first-order valence-corrected chi connectivity index (χ1v) is 8.54. The molecule has 0 aliphatic heterocycles. The number of carbonyl (C=O) groups excluding carboxylic acids is 1. The highest BCUT2D eigenvalue weighted by Crippen LogP contribution is 2.49. The molecule has 2 N–H and O–H groups in total. The van der Waals surface area contributed by atoms with Crippen LogP contribution in [0, 0.1) is 30.6 Å². The van der Waals surface area contributed by atoms with Gasteiger partial charge in [-0.1, -0.05) is 0 Å². The van der Waals surface area contributed by atoms with E-state index in [1.165, 1.54) is 0 Å². The number of hydrogen-bond acceptors (Lipinski definition) is 3. The highest BCUT2D eigenvalue weighted by molar-refractivity contribution is 5.85. The third-order valence-electron chi connectivity index (χ3n) is 5.76. The molecule has 1 amide bonds. The van der Waals surface area contributed by atoms with Gasteiger partial charge in [-0.3, -0.25) is 14.3 Å². The summed E-state index contributed by atoms with van der Waals surface area (Å²) in [6.07, 6.45) is 5.65. The Kier molecular flexibility index (Phi) is 4.41. The largest absolute Gasteiger partial charge is 0.481 e. The minimum atomic E-state index is -0.811. The molecule has 0 aromatic carbocycles. The van der Waals surface area contributed by atoms with E-state index in [0.29, 0.717) is 6.54 Å². The molecule has 6 nitrogen and oxygen atoms in total. The molecular weight excluding hydrogens is 294 g/mol. The topological polar surface area (TPSA) is 84.2 Å². The second kappa shape index (κ2) is 6.34. The molecule has 2 unspecified atom stereocenters. The molecule has 4 rings (SSSR count). The van der Waals surface area contributed by atoms with Gasteiger partial charge >= 0.3 is 5.97 Å². The van der Waals surface area contributed by atoms with Crippen molar-refractivity contribution in [3.8, 4) is 0 Å². The molecule has 2 bridgehead atoms. The van der Waals surface area contributed by atoms with E-state index in [1.54, 1.807) is 6.20 Å². The Hall–Kier alpha value is -1.85. The summed E-state index contributed by atoms with van der Waals surface area (Å²) in [5, 5.41) is 16.8. The number of amides is 1. The Labute approximate surface area is 136 Å². The number of carboxylic acids is 1. The van der Waals surface area contributed by atoms with Gasteiger partial charge in [0.15, 0.2) is 0 Å². The number of carboxylic acid groups (broad SMARTS) is 1. The van der Waals surface area contributed by atoms with Crippen molar-refractivity contribution in [1.29, 1.82) is 0 Å². The van der Waals surface area contributed by atoms with Crippen LogP contribution in [0.2, 0.25) is 0 Å². The lowest BCUT2D eigenvalue weighted by molar-refractivity contribution is -0.158. The lowest BCUT2D eigenvalue weighted by Gasteiger charge is -2.45. The zero-order valence-corrected chi connectivity index (χ0v) is 13.8. The summed E-state index contributed by atoms with van der Waals surface area (Å²) < 4.78 is 1.89. The highest BCUT2D eigenvalue weighted by Gasteiger charge is 2.50. The molecule has 0 spiro atoms. The zero-order valence-electron chi connectivity index (χ0n) is 13.8. The van der Waals surface area contributed by atoms with Gasteiger partial charge in [0.25, 0.3) is 0 Å². The van der Waals surface area contributed by atoms with Crippen molar-refractivity contribution in [2.24, 2.45) is 23.7 Å². The predicted octanol–water partition coefficient (Wildman–Crippen LogP) is 1.96. The lowest BCUT2D eigenvalue weighted by atomic mass is 9.58. The summed E-state index contributed by atoms with van der Waals surface area (Å²) in [5.41, 5.74) is 2.04. The van der Waals surface area contributed by atoms with Crippen LogP contribution in [0.25, 0.3) is 0 Å². The van der Waals surface area contributed by atoms with Crippen LogP contribution in [0.5, 0.6) is 0 Å². The number of aliphatic carboxylic acids is 1. The Balaban J connectivity index is 1.69. The average Bonchev–Trinajstić information content (AvgIpc) is 2.92. The third kappa shape index (κ3) is 2.86. The van der Waals surface area contributed by atoms with Gasteiger partial charge in [-0.05, 0) is 51.4 Å². The normalized spacial score (nSPS) is 29.5. The second-order valence-corrected chi connectivity index (χ2v) is 6.85. The van der Waals surface area contributed by atoms with Crippen molar-refractivity contribution in [2.45, 2.75) is 52.6 Å². The number of aromatic nitrogens is 2. The quantitative estimate of drug-likeness (QED) is 0.869. The molecule has 1 heterocycles. The Morgan fingerprint density at radius 1 is 1.26 bits per heavy atom. The maximum atomic E-state index is 12.7. The van der Waals surface area contributed by atoms with Gasteiger partial charge in [-0.15, -0.1) is 0 Å². The maximum Gasteiger partial charge on any atom is 0.307 e. The molecule has 23 heavy (non-hydrogen) atoms. The fraction of sp³-hybridized carbons (Fsp3) is 0.706. The minimum absolute atomic E-state index is 0.101. The lowest BCUT2D eigenvalue weighted by Crippen LogP contribution is -2.50. The van der Waals surface area contributed by atoms with Gasteiger partial charge < -0.3 is 10.4 Å². The van der Waals surface area contributed by atoms with Gasteiger partial charge in [0.05, 0.1) is 18.0 Å². The second-order valence-electron chi connectivity index (χ2n) is 6.85. The van der Waals surface area contributed by atoms with Gasteiger partial charge in [0.2, 0.25) is 5.91 Å². The first-order valence-electron chi connectivity index (χ1n) is 8.54. The predicted molar refractivity (Wildman–Crippen MR) is 84.5 cm³/mol. The monoisotopic (exact) mass is 319 g/mol. The van der Waals surface area contributed by atoms with Gasteiger partial charge in [-0.25, -0.2) is 0 Å². The molecule has 3 aliphatic carbocycles. The van der Waals surface area contributed by atoms with Crippen molar-refractivity contribution < 1.29 is 14.7 Å². The number of nitrogens with zero attached hydrogens (tertiary/aromatic N) is 2. The molecule has 6 heteroatoms. The van der Waals surface area contributed by atoms with Crippen LogP contribution >= 0.6 is 0 Å². The number of fused-ring (bicyclic) bond motifs is 3. The van der Waals surface area contributed by atoms with Crippen molar-refractivity contribution in [2.75, 3.05) is 0 Å². The molecule has 3 aliphatic rings. The molecule has 0 radical (unpaired) electrons. The van der Waals surface area contributed by atoms with Crippen molar-refractivity contribution in [1.82, 2.24) is 15.1 Å². The fourth-order valence-corrected chi connectivity index (χ4v) is 4.46. The average molecular weight is 319 g/mol. The maximum absolute atomic E-state index is 12.7. The van der Waals surface area contributed by atoms with E-state index in [0.717, 1.165) is 43.5 Å². The van der Waals surface area contributed by atoms with Gasteiger partial charge in [0, 0.05) is 24.3 Å². The Morgan fingerprint density at radius 3 is 2.39 bits per heavy atom. The van der Waals surface area contributed by atoms with Crippen LogP contribution in [-0.4, -0.2) is 26.8 Å². The molecule has 126 valence electrons. The first-order chi connectivity index (χ1) is 11.0. The van der Waals surface area contributed by atoms with Gasteiger partial charge in [-0.2, -0.15) is 5.10 Å². The van der Waals surface area contributed by atoms with Gasteiger partial charge in [0.1, 0.15) is 0 Å². The van der Waals surface area contributed by atoms with E-state index in [1.807, 2.05) is 18.5 Å². The van der Waals surface area contributed by atoms with Crippen molar-refractivity contribution in [3.05, 3.63) is 17.5 Å². The Bertz CT molecular complexity index is 602. The van der Waals surface area contributed by atoms with E-state index in [-0.39, 0.29) is 23.7 Å². The van der Waals surface area contributed by atoms with Crippen LogP contribution in [0.15, 0.2) is 6.20 Å². The minimum Gasteiger partial charge on any atom is -0.481 e. The highest BCUT2D eigenvalue weighted by atomic mass is 16.4. The number of carbonyl (C=O) groups is 2. The van der Waals surface area contributed by atoms with Crippen LogP contribution in [-0.2, 0) is 22.7 Å². The molecule has 0 saturated heterocycles. The van der Waals surface area contributed by atoms with E-state index in [9.17, 15) is 14.7 Å².